The van der Waals surface area contributed by atoms with Gasteiger partial charge in [0.25, 0.3) is 5.92 Å². The molecule has 0 radical (unpaired) electrons. The molecule has 0 saturated carbocycles. The van der Waals surface area contributed by atoms with Crippen molar-refractivity contribution in [2.45, 2.75) is 51.9 Å². The van der Waals surface area contributed by atoms with E-state index in [1.807, 2.05) is 0 Å². The van der Waals surface area contributed by atoms with Crippen molar-refractivity contribution in [1.29, 1.82) is 0 Å². The van der Waals surface area contributed by atoms with E-state index in [4.69, 9.17) is 4.74 Å². The van der Waals surface area contributed by atoms with Gasteiger partial charge in [-0.15, -0.1) is 0 Å². The van der Waals surface area contributed by atoms with Gasteiger partial charge in [0.2, 0.25) is 5.91 Å². The average molecular weight is 279 g/mol. The van der Waals surface area contributed by atoms with Crippen molar-refractivity contribution < 1.29 is 27.8 Å². The van der Waals surface area contributed by atoms with Crippen molar-refractivity contribution in [2.24, 2.45) is 5.92 Å². The summed E-state index contributed by atoms with van der Waals surface area (Å²) in [4.78, 5) is 21.7. The summed E-state index contributed by atoms with van der Waals surface area (Å²) in [7, 11) is 0. The zero-order valence-electron chi connectivity index (χ0n) is 11.4. The van der Waals surface area contributed by atoms with Gasteiger partial charge in [-0.25, -0.2) is 8.78 Å². The second kappa shape index (κ2) is 5.81. The number of nitrogens with one attached hydrogen (secondary N) is 1. The fourth-order valence-corrected chi connectivity index (χ4v) is 2.19. The number of rotatable bonds is 3. The van der Waals surface area contributed by atoms with Gasteiger partial charge in [0.05, 0.1) is 12.1 Å². The molecule has 1 N–H and O–H groups in total. The summed E-state index contributed by atoms with van der Waals surface area (Å²) in [5.41, 5.74) is 0. The molecule has 1 aliphatic heterocycles. The number of hydrogen-bond acceptors (Lipinski definition) is 4. The number of esters is 1. The smallest absolute Gasteiger partial charge is 0.302 e. The number of alkyl halides is 2. The van der Waals surface area contributed by atoms with E-state index in [1.165, 1.54) is 13.8 Å². The van der Waals surface area contributed by atoms with Gasteiger partial charge in [0.15, 0.2) is 6.10 Å². The van der Waals surface area contributed by atoms with Crippen molar-refractivity contribution >= 4 is 11.9 Å². The van der Waals surface area contributed by atoms with E-state index in [0.717, 1.165) is 6.92 Å². The van der Waals surface area contributed by atoms with Crippen LogP contribution in [0.1, 0.15) is 27.7 Å². The molecule has 0 spiro atoms. The first-order valence-corrected chi connectivity index (χ1v) is 6.10. The topological polar surface area (TPSA) is 64.6 Å². The number of halogens is 2. The quantitative estimate of drug-likeness (QED) is 0.786. The minimum atomic E-state index is -3.19. The molecule has 1 fully saturated rings. The summed E-state index contributed by atoms with van der Waals surface area (Å²) in [5, 5.41) is 2.47. The van der Waals surface area contributed by atoms with E-state index in [2.05, 4.69) is 10.1 Å². The molecule has 1 rings (SSSR count). The summed E-state index contributed by atoms with van der Waals surface area (Å²) in [5.74, 6) is -5.32. The SMILES string of the molecule is CC(=O)N[C@@H]1C(C)OC(COC(C)=O)C(F)(F)C1C. The van der Waals surface area contributed by atoms with E-state index in [0.29, 0.717) is 0 Å². The molecule has 7 heteroatoms. The Kier molecular flexibility index (Phi) is 4.84. The van der Waals surface area contributed by atoms with Gasteiger partial charge in [-0.1, -0.05) is 6.92 Å². The first-order valence-electron chi connectivity index (χ1n) is 6.10. The van der Waals surface area contributed by atoms with E-state index in [9.17, 15) is 18.4 Å². The monoisotopic (exact) mass is 279 g/mol. The highest BCUT2D eigenvalue weighted by atomic mass is 19.3. The maximum atomic E-state index is 14.1. The molecule has 1 heterocycles. The van der Waals surface area contributed by atoms with Crippen LogP contribution in [0.15, 0.2) is 0 Å². The Morgan fingerprint density at radius 1 is 1.32 bits per heavy atom. The fraction of sp³-hybridized carbons (Fsp3) is 0.833. The zero-order valence-corrected chi connectivity index (χ0v) is 11.4. The van der Waals surface area contributed by atoms with Gasteiger partial charge >= 0.3 is 5.97 Å². The van der Waals surface area contributed by atoms with Crippen molar-refractivity contribution in [3.63, 3.8) is 0 Å². The summed E-state index contributed by atoms with van der Waals surface area (Å²) >= 11 is 0. The molecule has 0 aromatic rings. The van der Waals surface area contributed by atoms with Crippen LogP contribution in [-0.2, 0) is 19.1 Å². The minimum Gasteiger partial charge on any atom is -0.463 e. The first kappa shape index (κ1) is 15.8. The maximum Gasteiger partial charge on any atom is 0.302 e. The third-order valence-corrected chi connectivity index (χ3v) is 3.27. The predicted octanol–water partition coefficient (Wildman–Crippen LogP) is 1.11. The van der Waals surface area contributed by atoms with Gasteiger partial charge in [-0.05, 0) is 6.92 Å². The molecule has 110 valence electrons. The summed E-state index contributed by atoms with van der Waals surface area (Å²) in [6.07, 6.45) is -2.08. The second-order valence-electron chi connectivity index (χ2n) is 4.82. The van der Waals surface area contributed by atoms with Crippen molar-refractivity contribution in [1.82, 2.24) is 5.32 Å². The number of hydrogen-bond donors (Lipinski definition) is 1. The summed E-state index contributed by atoms with van der Waals surface area (Å²) in [6, 6.07) is -0.777. The number of amides is 1. The summed E-state index contributed by atoms with van der Waals surface area (Å²) < 4.78 is 38.0. The normalized spacial score (nSPS) is 33.6. The van der Waals surface area contributed by atoms with Crippen LogP contribution in [0.5, 0.6) is 0 Å². The molecule has 0 aromatic heterocycles. The third-order valence-electron chi connectivity index (χ3n) is 3.27. The molecule has 0 aromatic carbocycles. The van der Waals surface area contributed by atoms with Gasteiger partial charge in [0, 0.05) is 19.8 Å². The lowest BCUT2D eigenvalue weighted by atomic mass is 9.85. The van der Waals surface area contributed by atoms with Crippen LogP contribution in [0.2, 0.25) is 0 Å². The lowest BCUT2D eigenvalue weighted by Crippen LogP contribution is -2.62. The predicted molar refractivity (Wildman–Crippen MR) is 62.7 cm³/mol. The lowest BCUT2D eigenvalue weighted by Gasteiger charge is -2.44. The van der Waals surface area contributed by atoms with Crippen molar-refractivity contribution in [2.75, 3.05) is 6.61 Å². The van der Waals surface area contributed by atoms with Crippen molar-refractivity contribution in [3.05, 3.63) is 0 Å². The van der Waals surface area contributed by atoms with Crippen LogP contribution in [0, 0.1) is 5.92 Å². The van der Waals surface area contributed by atoms with E-state index in [1.54, 1.807) is 6.92 Å². The van der Waals surface area contributed by atoms with Crippen molar-refractivity contribution in [3.8, 4) is 0 Å². The van der Waals surface area contributed by atoms with Gasteiger partial charge < -0.3 is 14.8 Å². The first-order chi connectivity index (χ1) is 8.66. The Hall–Kier alpha value is -1.24. The van der Waals surface area contributed by atoms with Crippen LogP contribution in [0.25, 0.3) is 0 Å². The largest absolute Gasteiger partial charge is 0.463 e. The highest BCUT2D eigenvalue weighted by Crippen LogP contribution is 2.39. The van der Waals surface area contributed by atoms with Gasteiger partial charge in [0.1, 0.15) is 6.61 Å². The van der Waals surface area contributed by atoms with Crippen LogP contribution < -0.4 is 5.32 Å². The molecule has 1 amide bonds. The fourth-order valence-electron chi connectivity index (χ4n) is 2.19. The Labute approximate surface area is 110 Å². The maximum absolute atomic E-state index is 14.1. The van der Waals surface area contributed by atoms with Crippen LogP contribution in [-0.4, -0.2) is 42.7 Å². The molecule has 1 aliphatic rings. The molecule has 0 bridgehead atoms. The highest BCUT2D eigenvalue weighted by molar-refractivity contribution is 5.73. The van der Waals surface area contributed by atoms with E-state index in [-0.39, 0.29) is 5.91 Å². The van der Waals surface area contributed by atoms with Gasteiger partial charge in [-0.2, -0.15) is 0 Å². The molecule has 5 nitrogen and oxygen atoms in total. The lowest BCUT2D eigenvalue weighted by molar-refractivity contribution is -0.245. The van der Waals surface area contributed by atoms with Crippen LogP contribution in [0.3, 0.4) is 0 Å². The molecule has 19 heavy (non-hydrogen) atoms. The Morgan fingerprint density at radius 3 is 2.37 bits per heavy atom. The van der Waals surface area contributed by atoms with E-state index < -0.39 is 42.7 Å². The Bertz CT molecular complexity index is 358. The number of carbonyl (C=O) groups excluding carboxylic acids is 2. The average Bonchev–Trinajstić information content (AvgIpc) is 2.27. The second-order valence-corrected chi connectivity index (χ2v) is 4.82. The molecular weight excluding hydrogens is 260 g/mol. The number of ether oxygens (including phenoxy) is 2. The summed E-state index contributed by atoms with van der Waals surface area (Å²) in [6.45, 7) is 4.87. The van der Waals surface area contributed by atoms with E-state index >= 15 is 0 Å². The minimum absolute atomic E-state index is 0.387. The molecular formula is C12H19F2NO4. The Balaban J connectivity index is 2.81. The zero-order chi connectivity index (χ0) is 14.8. The van der Waals surface area contributed by atoms with Crippen LogP contribution in [0.4, 0.5) is 8.78 Å². The highest BCUT2D eigenvalue weighted by Gasteiger charge is 2.55. The number of carbonyl (C=O) groups is 2. The third kappa shape index (κ3) is 3.62. The standard InChI is InChI=1S/C12H19F2NO4/c1-6-11(15-8(3)16)7(2)19-10(12(6,13)14)5-18-9(4)17/h6-7,10-11H,5H2,1-4H3,(H,15,16)/t6?,7?,10?,11-/m0/s1. The van der Waals surface area contributed by atoms with Gasteiger partial charge in [-0.3, -0.25) is 9.59 Å². The molecule has 4 atom stereocenters. The molecule has 0 aliphatic carbocycles. The Morgan fingerprint density at radius 2 is 1.89 bits per heavy atom. The molecule has 3 unspecified atom stereocenters. The van der Waals surface area contributed by atoms with Crippen LogP contribution >= 0.6 is 0 Å². The molecule has 1 saturated heterocycles.